The summed E-state index contributed by atoms with van der Waals surface area (Å²) in [5.41, 5.74) is 2.27. The van der Waals surface area contributed by atoms with Crippen molar-refractivity contribution in [3.8, 4) is 0 Å². The van der Waals surface area contributed by atoms with E-state index < -0.39 is 0 Å². The molecule has 94 valence electrons. The molecule has 0 bridgehead atoms. The van der Waals surface area contributed by atoms with Crippen LogP contribution in [0.15, 0.2) is 18.5 Å². The van der Waals surface area contributed by atoms with Crippen molar-refractivity contribution in [2.45, 2.75) is 32.2 Å². The normalized spacial score (nSPS) is 19.8. The lowest BCUT2D eigenvalue weighted by atomic mass is 9.98. The Hall–Kier alpha value is -1.16. The molecule has 0 unspecified atom stereocenters. The molecule has 0 saturated heterocycles. The Kier molecular flexibility index (Phi) is 2.34. The van der Waals surface area contributed by atoms with Crippen LogP contribution in [0.2, 0.25) is 0 Å². The van der Waals surface area contributed by atoms with Gasteiger partial charge in [-0.05, 0) is 61.7 Å². The van der Waals surface area contributed by atoms with Crippen molar-refractivity contribution in [1.82, 2.24) is 14.5 Å². The summed E-state index contributed by atoms with van der Waals surface area (Å²) in [6, 6.07) is 2.07. The largest absolute Gasteiger partial charge is 0.329 e. The molecule has 2 saturated carbocycles. The second-order valence-electron chi connectivity index (χ2n) is 5.77. The van der Waals surface area contributed by atoms with Gasteiger partial charge in [0.05, 0.1) is 17.2 Å². The average molecular weight is 259 g/mol. The number of nitrogens with zero attached hydrogens (tertiary/aromatic N) is 2. The predicted molar refractivity (Wildman–Crippen MR) is 73.9 cm³/mol. The number of nitrogens with one attached hydrogen (secondary N) is 1. The summed E-state index contributed by atoms with van der Waals surface area (Å²) in [5.74, 6) is 2.78. The molecule has 2 aromatic heterocycles. The van der Waals surface area contributed by atoms with Crippen molar-refractivity contribution in [3.63, 3.8) is 0 Å². The molecule has 2 heterocycles. The van der Waals surface area contributed by atoms with E-state index >= 15 is 0 Å². The van der Waals surface area contributed by atoms with E-state index in [1.807, 2.05) is 12.4 Å². The molecule has 0 aromatic carbocycles. The van der Waals surface area contributed by atoms with Gasteiger partial charge < -0.3 is 9.55 Å². The van der Waals surface area contributed by atoms with Crippen LogP contribution in [0.4, 0.5) is 0 Å². The van der Waals surface area contributed by atoms with E-state index in [1.54, 1.807) is 0 Å². The number of aromatic amines is 1. The van der Waals surface area contributed by atoms with Crippen LogP contribution in [0.1, 0.15) is 25.7 Å². The van der Waals surface area contributed by atoms with Gasteiger partial charge in [0.2, 0.25) is 0 Å². The van der Waals surface area contributed by atoms with Crippen LogP contribution >= 0.6 is 12.2 Å². The van der Waals surface area contributed by atoms with E-state index in [4.69, 9.17) is 12.2 Å². The maximum atomic E-state index is 5.46. The summed E-state index contributed by atoms with van der Waals surface area (Å²) < 4.78 is 3.14. The summed E-state index contributed by atoms with van der Waals surface area (Å²) in [5, 5.41) is 0. The summed E-state index contributed by atoms with van der Waals surface area (Å²) in [7, 11) is 0. The lowest BCUT2D eigenvalue weighted by molar-refractivity contribution is 0.351. The van der Waals surface area contributed by atoms with E-state index in [0.29, 0.717) is 0 Å². The van der Waals surface area contributed by atoms with Crippen molar-refractivity contribution >= 4 is 23.3 Å². The Labute approximate surface area is 111 Å². The first kappa shape index (κ1) is 10.7. The predicted octanol–water partition coefficient (Wildman–Crippen LogP) is 3.53. The molecular formula is C14H17N3S. The molecule has 2 fully saturated rings. The van der Waals surface area contributed by atoms with Gasteiger partial charge in [-0.25, -0.2) is 0 Å². The molecule has 4 rings (SSSR count). The maximum Gasteiger partial charge on any atom is 0.178 e. The van der Waals surface area contributed by atoms with Gasteiger partial charge in [-0.2, -0.15) is 0 Å². The molecular weight excluding hydrogens is 242 g/mol. The first-order chi connectivity index (χ1) is 8.83. The minimum Gasteiger partial charge on any atom is -0.329 e. The Morgan fingerprint density at radius 1 is 1.33 bits per heavy atom. The smallest absolute Gasteiger partial charge is 0.178 e. The van der Waals surface area contributed by atoms with E-state index in [2.05, 4.69) is 20.6 Å². The molecule has 1 N–H and O–H groups in total. The number of imidazole rings is 1. The maximum absolute atomic E-state index is 5.46. The topological polar surface area (TPSA) is 33.6 Å². The highest BCUT2D eigenvalue weighted by Gasteiger charge is 2.41. The second kappa shape index (κ2) is 3.92. The van der Waals surface area contributed by atoms with Gasteiger partial charge in [0, 0.05) is 12.7 Å². The lowest BCUT2D eigenvalue weighted by Crippen LogP contribution is -2.15. The number of hydrogen-bond acceptors (Lipinski definition) is 2. The SMILES string of the molecule is S=c1[nH]c2cnccc2n1CC(C1CC1)C1CC1. The number of fused-ring (bicyclic) bond motifs is 1. The molecule has 0 atom stereocenters. The summed E-state index contributed by atoms with van der Waals surface area (Å²) in [4.78, 5) is 7.42. The molecule has 4 heteroatoms. The quantitative estimate of drug-likeness (QED) is 0.852. The third-order valence-electron chi connectivity index (χ3n) is 4.42. The summed E-state index contributed by atoms with van der Waals surface area (Å²) >= 11 is 5.46. The zero-order valence-electron chi connectivity index (χ0n) is 10.3. The zero-order chi connectivity index (χ0) is 12.1. The van der Waals surface area contributed by atoms with Crippen molar-refractivity contribution in [3.05, 3.63) is 23.2 Å². The average Bonchev–Trinajstić information content (AvgIpc) is 3.25. The number of rotatable bonds is 4. The van der Waals surface area contributed by atoms with Crippen LogP contribution in [0, 0.1) is 22.5 Å². The first-order valence-corrected chi connectivity index (χ1v) is 7.26. The van der Waals surface area contributed by atoms with Crippen LogP contribution < -0.4 is 0 Å². The fourth-order valence-corrected chi connectivity index (χ4v) is 3.42. The molecule has 2 aliphatic rings. The summed E-state index contributed by atoms with van der Waals surface area (Å²) in [6.45, 7) is 1.10. The van der Waals surface area contributed by atoms with E-state index in [9.17, 15) is 0 Å². The van der Waals surface area contributed by atoms with Crippen LogP contribution in [0.25, 0.3) is 11.0 Å². The van der Waals surface area contributed by atoms with Gasteiger partial charge in [0.1, 0.15) is 0 Å². The molecule has 0 aliphatic heterocycles. The minimum atomic E-state index is 0.851. The highest BCUT2D eigenvalue weighted by atomic mass is 32.1. The molecule has 18 heavy (non-hydrogen) atoms. The van der Waals surface area contributed by atoms with Gasteiger partial charge in [-0.1, -0.05) is 0 Å². The van der Waals surface area contributed by atoms with Crippen molar-refractivity contribution in [2.75, 3.05) is 0 Å². The number of pyridine rings is 1. The van der Waals surface area contributed by atoms with Gasteiger partial charge >= 0.3 is 0 Å². The highest BCUT2D eigenvalue weighted by Crippen LogP contribution is 2.50. The van der Waals surface area contributed by atoms with Gasteiger partial charge in [-0.3, -0.25) is 4.98 Å². The van der Waals surface area contributed by atoms with E-state index in [-0.39, 0.29) is 0 Å². The highest BCUT2D eigenvalue weighted by molar-refractivity contribution is 7.71. The fourth-order valence-electron chi connectivity index (χ4n) is 3.13. The van der Waals surface area contributed by atoms with Gasteiger partial charge in [-0.15, -0.1) is 0 Å². The van der Waals surface area contributed by atoms with Crippen LogP contribution in [0.3, 0.4) is 0 Å². The van der Waals surface area contributed by atoms with Crippen LogP contribution in [0.5, 0.6) is 0 Å². The number of hydrogen-bond donors (Lipinski definition) is 1. The zero-order valence-corrected chi connectivity index (χ0v) is 11.1. The third-order valence-corrected chi connectivity index (χ3v) is 4.75. The Morgan fingerprint density at radius 2 is 2.06 bits per heavy atom. The first-order valence-electron chi connectivity index (χ1n) is 6.85. The molecule has 0 spiro atoms. The molecule has 2 aromatic rings. The Morgan fingerprint density at radius 3 is 2.72 bits per heavy atom. The molecule has 2 aliphatic carbocycles. The lowest BCUT2D eigenvalue weighted by Gasteiger charge is -2.16. The van der Waals surface area contributed by atoms with Crippen molar-refractivity contribution in [1.29, 1.82) is 0 Å². The standard InChI is InChI=1S/C14H17N3S/c18-14-16-12-7-15-6-5-13(12)17(14)8-11(9-1-2-9)10-3-4-10/h5-7,9-11H,1-4,8H2,(H,16,18). The van der Waals surface area contributed by atoms with Crippen LogP contribution in [-0.4, -0.2) is 14.5 Å². The van der Waals surface area contributed by atoms with Gasteiger partial charge in [0.15, 0.2) is 4.77 Å². The molecule has 0 amide bonds. The molecule has 3 nitrogen and oxygen atoms in total. The molecule has 0 radical (unpaired) electrons. The summed E-state index contributed by atoms with van der Waals surface area (Å²) in [6.07, 6.45) is 9.43. The monoisotopic (exact) mass is 259 g/mol. The van der Waals surface area contributed by atoms with E-state index in [1.165, 1.54) is 31.2 Å². The van der Waals surface area contributed by atoms with E-state index in [0.717, 1.165) is 34.6 Å². The van der Waals surface area contributed by atoms with Gasteiger partial charge in [0.25, 0.3) is 0 Å². The number of H-pyrrole nitrogens is 1. The Bertz CT molecular complexity index is 622. The third kappa shape index (κ3) is 1.79. The Balaban J connectivity index is 1.72. The van der Waals surface area contributed by atoms with Crippen molar-refractivity contribution in [2.24, 2.45) is 17.8 Å². The fraction of sp³-hybridized carbons (Fsp3) is 0.571. The minimum absolute atomic E-state index is 0.851. The number of aromatic nitrogens is 3. The van der Waals surface area contributed by atoms with Crippen molar-refractivity contribution < 1.29 is 0 Å². The second-order valence-corrected chi connectivity index (χ2v) is 6.16. The van der Waals surface area contributed by atoms with Crippen LogP contribution in [-0.2, 0) is 6.54 Å².